The minimum atomic E-state index is 0.203. The fourth-order valence-corrected chi connectivity index (χ4v) is 2.97. The first kappa shape index (κ1) is 15.1. The van der Waals surface area contributed by atoms with E-state index in [0.717, 1.165) is 48.4 Å². The summed E-state index contributed by atoms with van der Waals surface area (Å²) in [5.74, 6) is 1.87. The summed E-state index contributed by atoms with van der Waals surface area (Å²) in [6.07, 6.45) is 2.16. The van der Waals surface area contributed by atoms with E-state index < -0.39 is 0 Å². The molecule has 0 bridgehead atoms. The SMILES string of the molecule is COc1ccc2ccc(N3CCC(NCCO)CC3)nc2c1. The van der Waals surface area contributed by atoms with Gasteiger partial charge >= 0.3 is 0 Å². The van der Waals surface area contributed by atoms with Gasteiger partial charge in [-0.3, -0.25) is 0 Å². The molecular weight excluding hydrogens is 278 g/mol. The predicted molar refractivity (Wildman–Crippen MR) is 88.6 cm³/mol. The average molecular weight is 301 g/mol. The summed E-state index contributed by atoms with van der Waals surface area (Å²) in [6.45, 7) is 2.87. The summed E-state index contributed by atoms with van der Waals surface area (Å²) in [7, 11) is 1.68. The molecule has 1 aliphatic heterocycles. The number of aromatic nitrogens is 1. The first-order valence-corrected chi connectivity index (χ1v) is 7.84. The molecule has 0 unspecified atom stereocenters. The second-order valence-corrected chi connectivity index (χ2v) is 5.67. The van der Waals surface area contributed by atoms with Crippen LogP contribution < -0.4 is 15.0 Å². The molecule has 0 atom stereocenters. The molecule has 0 radical (unpaired) electrons. The Morgan fingerprint density at radius 1 is 1.27 bits per heavy atom. The van der Waals surface area contributed by atoms with Crippen molar-refractivity contribution in [1.29, 1.82) is 0 Å². The van der Waals surface area contributed by atoms with E-state index in [1.54, 1.807) is 7.11 Å². The van der Waals surface area contributed by atoms with Crippen LogP contribution in [0.4, 0.5) is 5.82 Å². The highest BCUT2D eigenvalue weighted by Crippen LogP contribution is 2.24. The predicted octanol–water partition coefficient (Wildman–Crippen LogP) is 1.79. The summed E-state index contributed by atoms with van der Waals surface area (Å²) < 4.78 is 5.28. The number of nitrogens with one attached hydrogen (secondary N) is 1. The van der Waals surface area contributed by atoms with Crippen LogP contribution in [0, 0.1) is 0 Å². The maximum absolute atomic E-state index is 8.88. The number of rotatable bonds is 5. The van der Waals surface area contributed by atoms with Crippen LogP contribution in [0.1, 0.15) is 12.8 Å². The van der Waals surface area contributed by atoms with Crippen molar-refractivity contribution in [3.05, 3.63) is 30.3 Å². The molecule has 2 N–H and O–H groups in total. The van der Waals surface area contributed by atoms with Gasteiger partial charge in [-0.05, 0) is 37.1 Å². The lowest BCUT2D eigenvalue weighted by atomic mass is 10.0. The zero-order valence-corrected chi connectivity index (χ0v) is 13.0. The van der Waals surface area contributed by atoms with E-state index in [-0.39, 0.29) is 6.61 Å². The summed E-state index contributed by atoms with van der Waals surface area (Å²) in [4.78, 5) is 7.11. The summed E-state index contributed by atoms with van der Waals surface area (Å²) in [5.41, 5.74) is 0.970. The molecule has 118 valence electrons. The maximum Gasteiger partial charge on any atom is 0.129 e. The molecule has 2 aromatic rings. The Kier molecular flexibility index (Phi) is 4.75. The Hall–Kier alpha value is -1.85. The number of piperidine rings is 1. The van der Waals surface area contributed by atoms with Crippen LogP contribution in [-0.2, 0) is 0 Å². The van der Waals surface area contributed by atoms with E-state index in [4.69, 9.17) is 14.8 Å². The van der Waals surface area contributed by atoms with Crippen LogP contribution in [0.2, 0.25) is 0 Å². The third kappa shape index (κ3) is 3.31. The molecule has 1 saturated heterocycles. The number of ether oxygens (including phenoxy) is 1. The number of pyridine rings is 1. The maximum atomic E-state index is 8.88. The minimum absolute atomic E-state index is 0.203. The van der Waals surface area contributed by atoms with E-state index in [1.165, 1.54) is 0 Å². The standard InChI is InChI=1S/C17H23N3O2/c1-22-15-4-2-13-3-5-17(19-16(13)12-15)20-9-6-14(7-10-20)18-8-11-21/h2-5,12,14,18,21H,6-11H2,1H3. The van der Waals surface area contributed by atoms with Crippen molar-refractivity contribution in [2.75, 3.05) is 38.3 Å². The van der Waals surface area contributed by atoms with Crippen molar-refractivity contribution in [2.24, 2.45) is 0 Å². The summed E-state index contributed by atoms with van der Waals surface area (Å²) in [6, 6.07) is 10.7. The number of hydrogen-bond donors (Lipinski definition) is 2. The van der Waals surface area contributed by atoms with Gasteiger partial charge < -0.3 is 20.1 Å². The first-order chi connectivity index (χ1) is 10.8. The monoisotopic (exact) mass is 301 g/mol. The molecule has 5 nitrogen and oxygen atoms in total. The quantitative estimate of drug-likeness (QED) is 0.882. The largest absolute Gasteiger partial charge is 0.497 e. The van der Waals surface area contributed by atoms with Crippen molar-refractivity contribution in [1.82, 2.24) is 10.3 Å². The minimum Gasteiger partial charge on any atom is -0.497 e. The number of aliphatic hydroxyl groups excluding tert-OH is 1. The van der Waals surface area contributed by atoms with Crippen molar-refractivity contribution < 1.29 is 9.84 Å². The Bertz CT molecular complexity index is 624. The van der Waals surface area contributed by atoms with Gasteiger partial charge in [-0.25, -0.2) is 4.98 Å². The fraction of sp³-hybridized carbons (Fsp3) is 0.471. The molecule has 0 spiro atoms. The molecular formula is C17H23N3O2. The van der Waals surface area contributed by atoms with Gasteiger partial charge in [-0.1, -0.05) is 0 Å². The molecule has 22 heavy (non-hydrogen) atoms. The highest BCUT2D eigenvalue weighted by molar-refractivity contribution is 5.81. The van der Waals surface area contributed by atoms with Crippen LogP contribution >= 0.6 is 0 Å². The molecule has 5 heteroatoms. The van der Waals surface area contributed by atoms with Crippen LogP contribution in [0.3, 0.4) is 0 Å². The Labute approximate surface area is 130 Å². The molecule has 1 aromatic heterocycles. The van der Waals surface area contributed by atoms with Gasteiger partial charge in [-0.2, -0.15) is 0 Å². The number of aliphatic hydroxyl groups is 1. The van der Waals surface area contributed by atoms with Gasteiger partial charge in [-0.15, -0.1) is 0 Å². The Balaban J connectivity index is 1.71. The molecule has 1 aliphatic rings. The number of methoxy groups -OCH3 is 1. The highest BCUT2D eigenvalue weighted by Gasteiger charge is 2.19. The number of anilines is 1. The van der Waals surface area contributed by atoms with Gasteiger partial charge in [0.25, 0.3) is 0 Å². The second-order valence-electron chi connectivity index (χ2n) is 5.67. The van der Waals surface area contributed by atoms with Crippen molar-refractivity contribution in [3.63, 3.8) is 0 Å². The van der Waals surface area contributed by atoms with Gasteiger partial charge in [0.1, 0.15) is 11.6 Å². The molecule has 0 amide bonds. The van der Waals surface area contributed by atoms with E-state index in [2.05, 4.69) is 22.3 Å². The Morgan fingerprint density at radius 3 is 2.77 bits per heavy atom. The van der Waals surface area contributed by atoms with E-state index in [0.29, 0.717) is 12.6 Å². The molecule has 0 saturated carbocycles. The zero-order chi connectivity index (χ0) is 15.4. The van der Waals surface area contributed by atoms with Crippen molar-refractivity contribution in [2.45, 2.75) is 18.9 Å². The lowest BCUT2D eigenvalue weighted by Gasteiger charge is -2.33. The molecule has 1 aromatic carbocycles. The number of hydrogen-bond acceptors (Lipinski definition) is 5. The van der Waals surface area contributed by atoms with Crippen LogP contribution in [-0.4, -0.2) is 49.5 Å². The lowest BCUT2D eigenvalue weighted by Crippen LogP contribution is -2.43. The number of fused-ring (bicyclic) bond motifs is 1. The van der Waals surface area contributed by atoms with Gasteiger partial charge in [0.05, 0.1) is 19.2 Å². The molecule has 1 fully saturated rings. The zero-order valence-electron chi connectivity index (χ0n) is 13.0. The van der Waals surface area contributed by atoms with Crippen LogP contribution in [0.15, 0.2) is 30.3 Å². The molecule has 0 aliphatic carbocycles. The smallest absolute Gasteiger partial charge is 0.129 e. The first-order valence-electron chi connectivity index (χ1n) is 7.84. The molecule has 2 heterocycles. The van der Waals surface area contributed by atoms with Crippen molar-refractivity contribution in [3.8, 4) is 5.75 Å². The number of benzene rings is 1. The third-order valence-corrected chi connectivity index (χ3v) is 4.25. The summed E-state index contributed by atoms with van der Waals surface area (Å²) >= 11 is 0. The van der Waals surface area contributed by atoms with E-state index >= 15 is 0 Å². The third-order valence-electron chi connectivity index (χ3n) is 4.25. The highest BCUT2D eigenvalue weighted by atomic mass is 16.5. The second kappa shape index (κ2) is 6.94. The molecule has 3 rings (SSSR count). The topological polar surface area (TPSA) is 57.6 Å². The normalized spacial score (nSPS) is 16.2. The van der Waals surface area contributed by atoms with Gasteiger partial charge in [0.15, 0.2) is 0 Å². The fourth-order valence-electron chi connectivity index (χ4n) is 2.97. The number of nitrogens with zero attached hydrogens (tertiary/aromatic N) is 2. The van der Waals surface area contributed by atoms with Gasteiger partial charge in [0, 0.05) is 37.1 Å². The van der Waals surface area contributed by atoms with Crippen LogP contribution in [0.25, 0.3) is 10.9 Å². The summed E-state index contributed by atoms with van der Waals surface area (Å²) in [5, 5.41) is 13.4. The Morgan fingerprint density at radius 2 is 2.05 bits per heavy atom. The van der Waals surface area contributed by atoms with Crippen LogP contribution in [0.5, 0.6) is 5.75 Å². The van der Waals surface area contributed by atoms with Gasteiger partial charge in [0.2, 0.25) is 0 Å². The van der Waals surface area contributed by atoms with Crippen molar-refractivity contribution >= 4 is 16.7 Å². The lowest BCUT2D eigenvalue weighted by molar-refractivity contribution is 0.277. The average Bonchev–Trinajstić information content (AvgIpc) is 2.59. The van der Waals surface area contributed by atoms with E-state index in [1.807, 2.05) is 18.2 Å². The van der Waals surface area contributed by atoms with E-state index in [9.17, 15) is 0 Å².